The number of carbonyl (C=O) groups is 1. The first-order chi connectivity index (χ1) is 12.0. The number of phenolic OH excluding ortho intramolecular Hbond substituents is 2. The number of carbonyl (C=O) groups excluding carboxylic acids is 1. The van der Waals surface area contributed by atoms with E-state index in [2.05, 4.69) is 0 Å². The van der Waals surface area contributed by atoms with Crippen molar-refractivity contribution in [3.63, 3.8) is 0 Å². The molecular weight excluding hydrogens is 328 g/mol. The van der Waals surface area contributed by atoms with E-state index >= 15 is 0 Å². The molecule has 25 heavy (non-hydrogen) atoms. The Kier molecular flexibility index (Phi) is 5.71. The number of phenols is 2. The third-order valence-corrected chi connectivity index (χ3v) is 3.87. The van der Waals surface area contributed by atoms with E-state index in [1.807, 2.05) is 0 Å². The molecule has 0 heterocycles. The fourth-order valence-corrected chi connectivity index (χ4v) is 2.49. The molecule has 0 saturated carbocycles. The number of rotatable bonds is 7. The zero-order chi connectivity index (χ0) is 18.6. The lowest BCUT2D eigenvalue weighted by atomic mass is 9.90. The van der Waals surface area contributed by atoms with E-state index in [9.17, 15) is 20.1 Å². The fraction of sp³-hybridized carbons (Fsp3) is 0.278. The molecule has 2 rings (SSSR count). The maximum Gasteiger partial charge on any atom is 0.200 e. The topological polar surface area (TPSA) is 105 Å². The van der Waals surface area contributed by atoms with Gasteiger partial charge in [0.05, 0.1) is 33.9 Å². The van der Waals surface area contributed by atoms with Gasteiger partial charge in [0.15, 0.2) is 28.8 Å². The summed E-state index contributed by atoms with van der Waals surface area (Å²) in [4.78, 5) is 12.8. The zero-order valence-corrected chi connectivity index (χ0v) is 14.1. The predicted octanol–water partition coefficient (Wildman–Crippen LogP) is 2.08. The summed E-state index contributed by atoms with van der Waals surface area (Å²) < 4.78 is 15.2. The van der Waals surface area contributed by atoms with Gasteiger partial charge in [0, 0.05) is 5.56 Å². The van der Waals surface area contributed by atoms with Gasteiger partial charge in [-0.15, -0.1) is 0 Å². The molecule has 3 N–H and O–H groups in total. The van der Waals surface area contributed by atoms with Crippen molar-refractivity contribution in [2.45, 2.75) is 5.92 Å². The SMILES string of the molecule is COc1cc(C(=O)[C@@H](CO)c2cc(OC)c(O)c(OC)c2)ccc1O. The van der Waals surface area contributed by atoms with Crippen LogP contribution in [0.1, 0.15) is 21.8 Å². The maximum atomic E-state index is 12.8. The summed E-state index contributed by atoms with van der Waals surface area (Å²) in [5, 5.41) is 29.4. The normalized spacial score (nSPS) is 11.7. The fourth-order valence-electron chi connectivity index (χ4n) is 2.49. The smallest absolute Gasteiger partial charge is 0.200 e. The molecule has 0 aliphatic rings. The summed E-state index contributed by atoms with van der Waals surface area (Å²) in [6.45, 7) is -0.459. The number of hydrogen-bond donors (Lipinski definition) is 3. The lowest BCUT2D eigenvalue weighted by molar-refractivity contribution is 0.0921. The third-order valence-electron chi connectivity index (χ3n) is 3.87. The third kappa shape index (κ3) is 3.61. The molecule has 2 aromatic rings. The van der Waals surface area contributed by atoms with E-state index in [0.29, 0.717) is 5.56 Å². The number of hydrogen-bond acceptors (Lipinski definition) is 7. The minimum absolute atomic E-state index is 0.0902. The molecule has 0 unspecified atom stereocenters. The molecule has 0 fully saturated rings. The van der Waals surface area contributed by atoms with Crippen LogP contribution in [0.25, 0.3) is 0 Å². The first-order valence-corrected chi connectivity index (χ1v) is 7.43. The van der Waals surface area contributed by atoms with Gasteiger partial charge in [-0.25, -0.2) is 0 Å². The molecule has 0 aromatic heterocycles. The molecule has 0 amide bonds. The Labute approximate surface area is 145 Å². The summed E-state index contributed by atoms with van der Waals surface area (Å²) in [5.74, 6) is -1.15. The van der Waals surface area contributed by atoms with Gasteiger partial charge < -0.3 is 29.5 Å². The van der Waals surface area contributed by atoms with Crippen LogP contribution in [-0.4, -0.2) is 49.0 Å². The molecule has 1 atom stereocenters. The van der Waals surface area contributed by atoms with Gasteiger partial charge in [-0.05, 0) is 35.9 Å². The van der Waals surface area contributed by atoms with E-state index in [4.69, 9.17) is 14.2 Å². The zero-order valence-electron chi connectivity index (χ0n) is 14.1. The van der Waals surface area contributed by atoms with Gasteiger partial charge >= 0.3 is 0 Å². The second kappa shape index (κ2) is 7.76. The molecule has 7 heteroatoms. The van der Waals surface area contributed by atoms with E-state index in [-0.39, 0.29) is 40.1 Å². The first-order valence-electron chi connectivity index (χ1n) is 7.43. The molecule has 134 valence electrons. The van der Waals surface area contributed by atoms with Crippen LogP contribution in [0.15, 0.2) is 30.3 Å². The van der Waals surface area contributed by atoms with Gasteiger partial charge in [0.25, 0.3) is 0 Å². The molecular formula is C18H20O7. The predicted molar refractivity (Wildman–Crippen MR) is 90.0 cm³/mol. The van der Waals surface area contributed by atoms with Crippen molar-refractivity contribution >= 4 is 5.78 Å². The monoisotopic (exact) mass is 348 g/mol. The summed E-state index contributed by atoms with van der Waals surface area (Å²) in [7, 11) is 4.13. The van der Waals surface area contributed by atoms with Crippen molar-refractivity contribution in [1.82, 2.24) is 0 Å². The van der Waals surface area contributed by atoms with E-state index < -0.39 is 12.5 Å². The Hall–Kier alpha value is -2.93. The van der Waals surface area contributed by atoms with Crippen molar-refractivity contribution in [3.8, 4) is 28.7 Å². The highest BCUT2D eigenvalue weighted by molar-refractivity contribution is 6.01. The van der Waals surface area contributed by atoms with Crippen molar-refractivity contribution < 1.29 is 34.3 Å². The van der Waals surface area contributed by atoms with Crippen LogP contribution in [-0.2, 0) is 0 Å². The van der Waals surface area contributed by atoms with Gasteiger partial charge in [-0.1, -0.05) is 0 Å². The largest absolute Gasteiger partial charge is 0.504 e. The number of aromatic hydroxyl groups is 2. The Morgan fingerprint density at radius 1 is 0.960 bits per heavy atom. The van der Waals surface area contributed by atoms with Gasteiger partial charge in [-0.2, -0.15) is 0 Å². The highest BCUT2D eigenvalue weighted by Gasteiger charge is 2.25. The summed E-state index contributed by atoms with van der Waals surface area (Å²) in [6, 6.07) is 7.12. The van der Waals surface area contributed by atoms with Gasteiger partial charge in [-0.3, -0.25) is 4.79 Å². The van der Waals surface area contributed by atoms with Gasteiger partial charge in [0.2, 0.25) is 5.75 Å². The second-order valence-corrected chi connectivity index (χ2v) is 5.26. The van der Waals surface area contributed by atoms with Crippen LogP contribution >= 0.6 is 0 Å². The standard InChI is InChI=1S/C18H20O7/c1-23-14-6-10(4-5-13(14)20)17(21)12(9-19)11-7-15(24-2)18(22)16(8-11)25-3/h4-8,12,19-20,22H,9H2,1-3H3/t12-/m0/s1. The Morgan fingerprint density at radius 2 is 1.52 bits per heavy atom. The highest BCUT2D eigenvalue weighted by Crippen LogP contribution is 2.40. The van der Waals surface area contributed by atoms with Crippen LogP contribution in [0.2, 0.25) is 0 Å². The van der Waals surface area contributed by atoms with Crippen molar-refractivity contribution in [3.05, 3.63) is 41.5 Å². The van der Waals surface area contributed by atoms with Crippen LogP contribution in [0.5, 0.6) is 28.7 Å². The molecule has 0 radical (unpaired) electrons. The van der Waals surface area contributed by atoms with Crippen LogP contribution < -0.4 is 14.2 Å². The number of ketones is 1. The first kappa shape index (κ1) is 18.4. The van der Waals surface area contributed by atoms with E-state index in [0.717, 1.165) is 0 Å². The summed E-state index contributed by atoms with van der Waals surface area (Å²) in [6.07, 6.45) is 0. The molecule has 2 aromatic carbocycles. The molecule has 0 aliphatic heterocycles. The Bertz CT molecular complexity index is 745. The van der Waals surface area contributed by atoms with E-state index in [1.165, 1.54) is 51.7 Å². The van der Waals surface area contributed by atoms with Crippen molar-refractivity contribution in [2.75, 3.05) is 27.9 Å². The Balaban J connectivity index is 2.47. The van der Waals surface area contributed by atoms with Crippen LogP contribution in [0, 0.1) is 0 Å². The Morgan fingerprint density at radius 3 is 2.00 bits per heavy atom. The van der Waals surface area contributed by atoms with Crippen molar-refractivity contribution in [1.29, 1.82) is 0 Å². The molecule has 0 aliphatic carbocycles. The molecule has 7 nitrogen and oxygen atoms in total. The number of methoxy groups -OCH3 is 3. The average Bonchev–Trinajstić information content (AvgIpc) is 2.63. The average molecular weight is 348 g/mol. The number of benzene rings is 2. The summed E-state index contributed by atoms with van der Waals surface area (Å²) in [5.41, 5.74) is 0.686. The van der Waals surface area contributed by atoms with Crippen LogP contribution in [0.4, 0.5) is 0 Å². The maximum absolute atomic E-state index is 12.8. The molecule has 0 bridgehead atoms. The minimum atomic E-state index is -0.905. The van der Waals surface area contributed by atoms with Crippen LogP contribution in [0.3, 0.4) is 0 Å². The highest BCUT2D eigenvalue weighted by atomic mass is 16.5. The quantitative estimate of drug-likeness (QED) is 0.658. The second-order valence-electron chi connectivity index (χ2n) is 5.26. The lowest BCUT2D eigenvalue weighted by Crippen LogP contribution is -2.17. The van der Waals surface area contributed by atoms with Gasteiger partial charge in [0.1, 0.15) is 0 Å². The summed E-state index contributed by atoms with van der Waals surface area (Å²) >= 11 is 0. The lowest BCUT2D eigenvalue weighted by Gasteiger charge is -2.17. The minimum Gasteiger partial charge on any atom is -0.504 e. The van der Waals surface area contributed by atoms with E-state index in [1.54, 1.807) is 0 Å². The van der Waals surface area contributed by atoms with Crippen molar-refractivity contribution in [2.24, 2.45) is 0 Å². The number of aliphatic hydroxyl groups excluding tert-OH is 1. The molecule has 0 saturated heterocycles. The molecule has 0 spiro atoms. The number of ether oxygens (including phenoxy) is 3. The number of Topliss-reactive ketones (excluding diaryl/α,β-unsaturated/α-hetero) is 1. The number of aliphatic hydroxyl groups is 1.